The van der Waals surface area contributed by atoms with E-state index in [2.05, 4.69) is 27.0 Å². The van der Waals surface area contributed by atoms with Crippen LogP contribution in [0, 0.1) is 17.1 Å². The molecule has 0 aliphatic rings. The maximum atomic E-state index is 13.6. The molecule has 2 aromatic carbocycles. The van der Waals surface area contributed by atoms with E-state index in [1.807, 2.05) is 17.7 Å². The molecule has 0 fully saturated rings. The number of aromatic nitrogens is 2. The average Bonchev–Trinajstić information content (AvgIpc) is 2.78. The zero-order valence-corrected chi connectivity index (χ0v) is 12.1. The van der Waals surface area contributed by atoms with Gasteiger partial charge in [0.25, 0.3) is 0 Å². The molecule has 0 N–H and O–H groups in total. The SMILES string of the molecule is Cn1c(-c2ccc(Br)c(F)c2)nc2cc(C#N)ccc21. The van der Waals surface area contributed by atoms with Gasteiger partial charge in [-0.25, -0.2) is 9.37 Å². The van der Waals surface area contributed by atoms with E-state index in [-0.39, 0.29) is 5.82 Å². The van der Waals surface area contributed by atoms with E-state index >= 15 is 0 Å². The molecule has 0 atom stereocenters. The molecule has 0 bridgehead atoms. The monoisotopic (exact) mass is 329 g/mol. The summed E-state index contributed by atoms with van der Waals surface area (Å²) in [5, 5.41) is 8.92. The topological polar surface area (TPSA) is 41.6 Å². The zero-order valence-electron chi connectivity index (χ0n) is 10.6. The Bertz CT molecular complexity index is 861. The van der Waals surface area contributed by atoms with Crippen LogP contribution in [0.4, 0.5) is 4.39 Å². The highest BCUT2D eigenvalue weighted by atomic mass is 79.9. The van der Waals surface area contributed by atoms with Gasteiger partial charge in [-0.05, 0) is 52.3 Å². The Hall–Kier alpha value is -2.19. The molecular formula is C15H9BrFN3. The van der Waals surface area contributed by atoms with E-state index in [0.29, 0.717) is 21.4 Å². The van der Waals surface area contributed by atoms with Gasteiger partial charge < -0.3 is 4.57 Å². The second-order valence-electron chi connectivity index (χ2n) is 4.44. The predicted molar refractivity (Wildman–Crippen MR) is 78.5 cm³/mol. The van der Waals surface area contributed by atoms with Crippen LogP contribution in [0.2, 0.25) is 0 Å². The molecule has 98 valence electrons. The predicted octanol–water partition coefficient (Wildman–Crippen LogP) is 4.01. The van der Waals surface area contributed by atoms with Crippen molar-refractivity contribution in [1.82, 2.24) is 9.55 Å². The van der Waals surface area contributed by atoms with Crippen molar-refractivity contribution in [3.63, 3.8) is 0 Å². The number of nitrogens with zero attached hydrogens (tertiary/aromatic N) is 3. The molecule has 1 heterocycles. The van der Waals surface area contributed by atoms with Crippen LogP contribution in [0.15, 0.2) is 40.9 Å². The van der Waals surface area contributed by atoms with Gasteiger partial charge in [-0.15, -0.1) is 0 Å². The number of aryl methyl sites for hydroxylation is 1. The molecule has 0 saturated carbocycles. The average molecular weight is 330 g/mol. The fraction of sp³-hybridized carbons (Fsp3) is 0.0667. The van der Waals surface area contributed by atoms with Crippen molar-refractivity contribution in [3.8, 4) is 17.5 Å². The minimum Gasteiger partial charge on any atom is -0.327 e. The summed E-state index contributed by atoms with van der Waals surface area (Å²) in [7, 11) is 1.87. The smallest absolute Gasteiger partial charge is 0.140 e. The van der Waals surface area contributed by atoms with Gasteiger partial charge in [-0.3, -0.25) is 0 Å². The summed E-state index contributed by atoms with van der Waals surface area (Å²) in [5.41, 5.74) is 2.89. The van der Waals surface area contributed by atoms with E-state index in [4.69, 9.17) is 5.26 Å². The molecule has 1 aromatic heterocycles. The molecule has 0 aliphatic carbocycles. The number of imidazole rings is 1. The standard InChI is InChI=1S/C15H9BrFN3/c1-20-14-5-2-9(8-18)6-13(14)19-15(20)10-3-4-11(16)12(17)7-10/h2-7H,1H3. The number of nitriles is 1. The lowest BCUT2D eigenvalue weighted by molar-refractivity contribution is 0.621. The normalized spacial score (nSPS) is 10.7. The van der Waals surface area contributed by atoms with Crippen LogP contribution in [0.1, 0.15) is 5.56 Å². The van der Waals surface area contributed by atoms with Crippen molar-refractivity contribution in [3.05, 3.63) is 52.3 Å². The fourth-order valence-electron chi connectivity index (χ4n) is 2.16. The molecular weight excluding hydrogens is 321 g/mol. The Kier molecular flexibility index (Phi) is 3.03. The van der Waals surface area contributed by atoms with E-state index < -0.39 is 0 Å². The second-order valence-corrected chi connectivity index (χ2v) is 5.29. The molecule has 0 radical (unpaired) electrons. The van der Waals surface area contributed by atoms with Gasteiger partial charge in [0.15, 0.2) is 0 Å². The highest BCUT2D eigenvalue weighted by molar-refractivity contribution is 9.10. The van der Waals surface area contributed by atoms with Crippen LogP contribution in [0.25, 0.3) is 22.4 Å². The minimum absolute atomic E-state index is 0.327. The fourth-order valence-corrected chi connectivity index (χ4v) is 2.41. The minimum atomic E-state index is -0.327. The van der Waals surface area contributed by atoms with Crippen molar-refractivity contribution in [1.29, 1.82) is 5.26 Å². The van der Waals surface area contributed by atoms with Crippen LogP contribution in [-0.4, -0.2) is 9.55 Å². The molecule has 0 aliphatic heterocycles. The molecule has 0 spiro atoms. The first-order chi connectivity index (χ1) is 9.60. The van der Waals surface area contributed by atoms with Gasteiger partial charge in [0.1, 0.15) is 11.6 Å². The van der Waals surface area contributed by atoms with Crippen molar-refractivity contribution in [2.24, 2.45) is 7.05 Å². The van der Waals surface area contributed by atoms with Crippen molar-refractivity contribution >= 4 is 27.0 Å². The third kappa shape index (κ3) is 1.98. The summed E-state index contributed by atoms with van der Waals surface area (Å²) in [6.45, 7) is 0. The second kappa shape index (κ2) is 4.73. The lowest BCUT2D eigenvalue weighted by atomic mass is 10.2. The van der Waals surface area contributed by atoms with Crippen LogP contribution in [-0.2, 0) is 7.05 Å². The zero-order chi connectivity index (χ0) is 14.3. The third-order valence-electron chi connectivity index (χ3n) is 3.19. The number of hydrogen-bond acceptors (Lipinski definition) is 2. The van der Waals surface area contributed by atoms with Crippen molar-refractivity contribution < 1.29 is 4.39 Å². The number of rotatable bonds is 1. The summed E-state index contributed by atoms with van der Waals surface area (Å²) < 4.78 is 16.0. The van der Waals surface area contributed by atoms with E-state index in [0.717, 1.165) is 11.0 Å². The Morgan fingerprint density at radius 1 is 1.25 bits per heavy atom. The highest BCUT2D eigenvalue weighted by Gasteiger charge is 2.12. The number of halogens is 2. The molecule has 3 aromatic rings. The molecule has 20 heavy (non-hydrogen) atoms. The first kappa shape index (κ1) is 12.8. The summed E-state index contributed by atoms with van der Waals surface area (Å²) >= 11 is 3.14. The Morgan fingerprint density at radius 2 is 2.05 bits per heavy atom. The van der Waals surface area contributed by atoms with Gasteiger partial charge in [0, 0.05) is 12.6 Å². The molecule has 3 rings (SSSR count). The van der Waals surface area contributed by atoms with Crippen LogP contribution in [0.5, 0.6) is 0 Å². The number of fused-ring (bicyclic) bond motifs is 1. The molecule has 0 amide bonds. The Morgan fingerprint density at radius 3 is 2.75 bits per heavy atom. The molecule has 3 nitrogen and oxygen atoms in total. The van der Waals surface area contributed by atoms with E-state index in [9.17, 15) is 4.39 Å². The van der Waals surface area contributed by atoms with Gasteiger partial charge in [0.05, 0.1) is 27.1 Å². The largest absolute Gasteiger partial charge is 0.327 e. The van der Waals surface area contributed by atoms with E-state index in [1.165, 1.54) is 6.07 Å². The maximum Gasteiger partial charge on any atom is 0.140 e. The van der Waals surface area contributed by atoms with Gasteiger partial charge >= 0.3 is 0 Å². The number of benzene rings is 2. The first-order valence-corrected chi connectivity index (χ1v) is 6.71. The van der Waals surface area contributed by atoms with E-state index in [1.54, 1.807) is 24.3 Å². The van der Waals surface area contributed by atoms with Crippen LogP contribution < -0.4 is 0 Å². The first-order valence-electron chi connectivity index (χ1n) is 5.92. The van der Waals surface area contributed by atoms with Crippen molar-refractivity contribution in [2.75, 3.05) is 0 Å². The lowest BCUT2D eigenvalue weighted by Crippen LogP contribution is -1.93. The molecule has 5 heteroatoms. The lowest BCUT2D eigenvalue weighted by Gasteiger charge is -2.03. The van der Waals surface area contributed by atoms with Crippen molar-refractivity contribution in [2.45, 2.75) is 0 Å². The molecule has 0 saturated heterocycles. The third-order valence-corrected chi connectivity index (χ3v) is 3.83. The molecule has 0 unspecified atom stereocenters. The maximum absolute atomic E-state index is 13.6. The Balaban J connectivity index is 2.23. The summed E-state index contributed by atoms with van der Waals surface area (Å²) in [6, 6.07) is 12.3. The number of hydrogen-bond donors (Lipinski definition) is 0. The van der Waals surface area contributed by atoms with Gasteiger partial charge in [-0.2, -0.15) is 5.26 Å². The summed E-state index contributed by atoms with van der Waals surface area (Å²) in [5.74, 6) is 0.341. The quantitative estimate of drug-likeness (QED) is 0.676. The Labute approximate surface area is 123 Å². The van der Waals surface area contributed by atoms with Gasteiger partial charge in [-0.1, -0.05) is 0 Å². The summed E-state index contributed by atoms with van der Waals surface area (Å²) in [4.78, 5) is 4.49. The summed E-state index contributed by atoms with van der Waals surface area (Å²) in [6.07, 6.45) is 0. The van der Waals surface area contributed by atoms with Gasteiger partial charge in [0.2, 0.25) is 0 Å². The highest BCUT2D eigenvalue weighted by Crippen LogP contribution is 2.27. The van der Waals surface area contributed by atoms with Crippen LogP contribution >= 0.6 is 15.9 Å². The van der Waals surface area contributed by atoms with Crippen LogP contribution in [0.3, 0.4) is 0 Å².